The normalized spacial score (nSPS) is 13.1. The second-order valence-electron chi connectivity index (χ2n) is 1.89. The second kappa shape index (κ2) is 3.01. The van der Waals surface area contributed by atoms with Crippen LogP contribution in [0.1, 0.15) is 11.8 Å². The Morgan fingerprint density at radius 1 is 1.60 bits per heavy atom. The number of hydrogen-bond donors (Lipinski definition) is 3. The van der Waals surface area contributed by atoms with E-state index in [9.17, 15) is 0 Å². The highest BCUT2D eigenvalue weighted by atomic mass is 32.1. The molecule has 1 heterocycles. The van der Waals surface area contributed by atoms with Crippen molar-refractivity contribution in [1.29, 1.82) is 0 Å². The topological polar surface area (TPSA) is 59.1 Å². The van der Waals surface area contributed by atoms with Crippen molar-refractivity contribution >= 4 is 12.6 Å². The molecule has 0 saturated carbocycles. The van der Waals surface area contributed by atoms with E-state index in [1.807, 2.05) is 0 Å². The van der Waals surface area contributed by atoms with Gasteiger partial charge in [-0.2, -0.15) is 0 Å². The lowest BCUT2D eigenvalue weighted by Gasteiger charge is -2.02. The molecule has 0 spiro atoms. The Labute approximate surface area is 64.3 Å². The second-order valence-corrected chi connectivity index (χ2v) is 2.35. The van der Waals surface area contributed by atoms with Crippen molar-refractivity contribution in [3.8, 4) is 0 Å². The van der Waals surface area contributed by atoms with Crippen LogP contribution >= 0.6 is 12.6 Å². The predicted molar refractivity (Wildman–Crippen MR) is 40.6 cm³/mol. The minimum Gasteiger partial charge on any atom is -0.374 e. The summed E-state index contributed by atoms with van der Waals surface area (Å²) in [5.74, 6) is 0. The summed E-state index contributed by atoms with van der Waals surface area (Å²) in [5.41, 5.74) is 5.75. The molecule has 0 aliphatic rings. The zero-order valence-electron chi connectivity index (χ0n) is 5.23. The summed E-state index contributed by atoms with van der Waals surface area (Å²) >= 11 is 3.97. The van der Waals surface area contributed by atoms with Crippen LogP contribution in [-0.4, -0.2) is 10.1 Å². The lowest BCUT2D eigenvalue weighted by Crippen LogP contribution is -2.08. The molecule has 0 aliphatic heterocycles. The lowest BCUT2D eigenvalue weighted by molar-refractivity contribution is 0.185. The number of pyridine rings is 1. The number of aliphatic hydroxyl groups excluding tert-OH is 1. The van der Waals surface area contributed by atoms with Crippen molar-refractivity contribution in [2.45, 2.75) is 11.3 Å². The van der Waals surface area contributed by atoms with Gasteiger partial charge >= 0.3 is 0 Å². The first-order valence-corrected chi connectivity index (χ1v) is 3.23. The highest BCUT2D eigenvalue weighted by Gasteiger charge is 1.98. The SMILES string of the molecule is NC(O)c1ccc(S)nc1. The van der Waals surface area contributed by atoms with Gasteiger partial charge in [-0.3, -0.25) is 0 Å². The molecule has 1 rings (SSSR count). The number of nitrogens with zero attached hydrogens (tertiary/aromatic N) is 1. The van der Waals surface area contributed by atoms with Crippen molar-refractivity contribution in [3.63, 3.8) is 0 Å². The Balaban J connectivity index is 2.89. The number of nitrogens with two attached hydrogens (primary N) is 1. The largest absolute Gasteiger partial charge is 0.374 e. The molecule has 1 atom stereocenters. The monoisotopic (exact) mass is 156 g/mol. The average Bonchev–Trinajstić information content (AvgIpc) is 1.88. The molecule has 1 aromatic heterocycles. The van der Waals surface area contributed by atoms with Crippen LogP contribution in [0.15, 0.2) is 23.4 Å². The van der Waals surface area contributed by atoms with Gasteiger partial charge in [-0.25, -0.2) is 4.98 Å². The van der Waals surface area contributed by atoms with E-state index in [-0.39, 0.29) is 0 Å². The molecule has 0 amide bonds. The van der Waals surface area contributed by atoms with E-state index in [1.54, 1.807) is 12.1 Å². The van der Waals surface area contributed by atoms with Crippen molar-refractivity contribution in [2.24, 2.45) is 5.73 Å². The highest BCUT2D eigenvalue weighted by Crippen LogP contribution is 2.07. The van der Waals surface area contributed by atoms with E-state index < -0.39 is 6.23 Å². The van der Waals surface area contributed by atoms with Gasteiger partial charge < -0.3 is 10.8 Å². The van der Waals surface area contributed by atoms with Crippen molar-refractivity contribution in [2.75, 3.05) is 0 Å². The zero-order valence-corrected chi connectivity index (χ0v) is 6.12. The van der Waals surface area contributed by atoms with Gasteiger partial charge in [0.15, 0.2) is 0 Å². The molecule has 0 aliphatic carbocycles. The first-order valence-electron chi connectivity index (χ1n) is 2.78. The predicted octanol–water partition coefficient (Wildman–Crippen LogP) is 0.320. The molecule has 54 valence electrons. The maximum atomic E-state index is 8.83. The van der Waals surface area contributed by atoms with Gasteiger partial charge in [-0.15, -0.1) is 12.6 Å². The lowest BCUT2D eigenvalue weighted by atomic mass is 10.3. The van der Waals surface area contributed by atoms with Gasteiger partial charge in [-0.1, -0.05) is 6.07 Å². The Kier molecular flexibility index (Phi) is 2.26. The summed E-state index contributed by atoms with van der Waals surface area (Å²) in [4.78, 5) is 3.82. The van der Waals surface area contributed by atoms with Crippen LogP contribution in [0.25, 0.3) is 0 Å². The van der Waals surface area contributed by atoms with Gasteiger partial charge in [0, 0.05) is 11.8 Å². The molecule has 1 unspecified atom stereocenters. The quantitative estimate of drug-likeness (QED) is 0.405. The van der Waals surface area contributed by atoms with Crippen LogP contribution in [0.5, 0.6) is 0 Å². The van der Waals surface area contributed by atoms with Crippen LogP contribution in [0.2, 0.25) is 0 Å². The third kappa shape index (κ3) is 1.70. The molecule has 0 radical (unpaired) electrons. The maximum Gasteiger partial charge on any atom is 0.130 e. The van der Waals surface area contributed by atoms with Gasteiger partial charge in [0.2, 0.25) is 0 Å². The Bertz CT molecular complexity index is 209. The summed E-state index contributed by atoms with van der Waals surface area (Å²) in [6.07, 6.45) is 0.550. The van der Waals surface area contributed by atoms with Gasteiger partial charge in [0.25, 0.3) is 0 Å². The molecule has 0 bridgehead atoms. The fourth-order valence-corrected chi connectivity index (χ4v) is 0.705. The van der Waals surface area contributed by atoms with Crippen LogP contribution in [-0.2, 0) is 0 Å². The van der Waals surface area contributed by atoms with E-state index in [1.165, 1.54) is 6.20 Å². The molecule has 0 aromatic carbocycles. The number of hydrogen-bond acceptors (Lipinski definition) is 4. The first-order chi connectivity index (χ1) is 4.70. The number of thiol groups is 1. The summed E-state index contributed by atoms with van der Waals surface area (Å²) in [7, 11) is 0. The summed E-state index contributed by atoms with van der Waals surface area (Å²) in [6, 6.07) is 3.36. The van der Waals surface area contributed by atoms with E-state index in [0.717, 1.165) is 0 Å². The maximum absolute atomic E-state index is 8.83. The van der Waals surface area contributed by atoms with E-state index in [2.05, 4.69) is 17.6 Å². The zero-order chi connectivity index (χ0) is 7.56. The van der Waals surface area contributed by atoms with E-state index in [4.69, 9.17) is 10.8 Å². The van der Waals surface area contributed by atoms with Crippen LogP contribution in [0.4, 0.5) is 0 Å². The molecule has 0 saturated heterocycles. The van der Waals surface area contributed by atoms with Crippen molar-refractivity contribution in [1.82, 2.24) is 4.98 Å². The number of rotatable bonds is 1. The smallest absolute Gasteiger partial charge is 0.130 e. The molecular weight excluding hydrogens is 148 g/mol. The highest BCUT2D eigenvalue weighted by molar-refractivity contribution is 7.80. The molecule has 3 nitrogen and oxygen atoms in total. The fraction of sp³-hybridized carbons (Fsp3) is 0.167. The fourth-order valence-electron chi connectivity index (χ4n) is 0.572. The molecular formula is C6H8N2OS. The Morgan fingerprint density at radius 3 is 2.70 bits per heavy atom. The third-order valence-electron chi connectivity index (χ3n) is 1.11. The van der Waals surface area contributed by atoms with Gasteiger partial charge in [0.1, 0.15) is 6.23 Å². The van der Waals surface area contributed by atoms with E-state index in [0.29, 0.717) is 10.6 Å². The van der Waals surface area contributed by atoms with Crippen molar-refractivity contribution in [3.05, 3.63) is 23.9 Å². The number of aliphatic hydroxyl groups is 1. The van der Waals surface area contributed by atoms with E-state index >= 15 is 0 Å². The number of aromatic nitrogens is 1. The van der Waals surface area contributed by atoms with Crippen LogP contribution in [0, 0.1) is 0 Å². The average molecular weight is 156 g/mol. The molecule has 4 heteroatoms. The van der Waals surface area contributed by atoms with Crippen molar-refractivity contribution < 1.29 is 5.11 Å². The molecule has 1 aromatic rings. The van der Waals surface area contributed by atoms with Crippen LogP contribution in [0.3, 0.4) is 0 Å². The molecule has 10 heavy (non-hydrogen) atoms. The minimum absolute atomic E-state index is 0.595. The Hall–Kier alpha value is -0.580. The molecule has 0 fully saturated rings. The molecule has 3 N–H and O–H groups in total. The first kappa shape index (κ1) is 7.53. The van der Waals surface area contributed by atoms with Gasteiger partial charge in [-0.05, 0) is 6.07 Å². The summed E-state index contributed by atoms with van der Waals surface area (Å²) in [6.45, 7) is 0. The standard InChI is InChI=1S/C6H8N2OS/c7-6(9)4-1-2-5(10)8-3-4/h1-3,6,9H,7H2,(H,8,10). The summed E-state index contributed by atoms with van der Waals surface area (Å²) in [5, 5.41) is 9.44. The third-order valence-corrected chi connectivity index (χ3v) is 1.38. The summed E-state index contributed by atoms with van der Waals surface area (Å²) < 4.78 is 0. The minimum atomic E-state index is -0.943. The van der Waals surface area contributed by atoms with Gasteiger partial charge in [0.05, 0.1) is 5.03 Å². The Morgan fingerprint density at radius 2 is 2.30 bits per heavy atom. The van der Waals surface area contributed by atoms with Crippen LogP contribution < -0.4 is 5.73 Å².